The number of anilines is 1. The van der Waals surface area contributed by atoms with Crippen LogP contribution in [0.4, 0.5) is 11.4 Å². The van der Waals surface area contributed by atoms with Gasteiger partial charge in [0.1, 0.15) is 6.61 Å². The molecule has 0 unspecified atom stereocenters. The van der Waals surface area contributed by atoms with Crippen LogP contribution in [0.3, 0.4) is 0 Å². The van der Waals surface area contributed by atoms with E-state index in [1.165, 1.54) is 18.2 Å². The molecule has 29 heavy (non-hydrogen) atoms. The SMILES string of the molecule is O=C(CCC(=O)OCc1ccc([N+](=O)[O-])cc1Cl)Nc1cccc2cccnc12. The topological polar surface area (TPSA) is 111 Å². The number of ether oxygens (including phenoxy) is 1. The third-order valence-corrected chi connectivity index (χ3v) is 4.45. The van der Waals surface area contributed by atoms with Crippen LogP contribution in [0.1, 0.15) is 18.4 Å². The first-order valence-electron chi connectivity index (χ1n) is 8.66. The highest BCUT2D eigenvalue weighted by Gasteiger charge is 2.13. The van der Waals surface area contributed by atoms with Gasteiger partial charge >= 0.3 is 5.97 Å². The number of aromatic nitrogens is 1. The number of para-hydroxylation sites is 1. The number of hydrogen-bond donors (Lipinski definition) is 1. The molecule has 3 aromatic rings. The van der Waals surface area contributed by atoms with Gasteiger partial charge in [-0.2, -0.15) is 0 Å². The van der Waals surface area contributed by atoms with Gasteiger partial charge in [-0.3, -0.25) is 24.7 Å². The number of hydrogen-bond acceptors (Lipinski definition) is 6. The second kappa shape index (κ2) is 9.11. The Bertz CT molecular complexity index is 1080. The fraction of sp³-hybridized carbons (Fsp3) is 0.150. The van der Waals surface area contributed by atoms with Crippen LogP contribution in [0.2, 0.25) is 5.02 Å². The molecule has 0 aliphatic heterocycles. The van der Waals surface area contributed by atoms with Crippen LogP contribution in [0.15, 0.2) is 54.7 Å². The van der Waals surface area contributed by atoms with Gasteiger partial charge in [0.15, 0.2) is 0 Å². The van der Waals surface area contributed by atoms with Gasteiger partial charge < -0.3 is 10.1 Å². The number of carbonyl (C=O) groups is 2. The van der Waals surface area contributed by atoms with Gasteiger partial charge in [0.2, 0.25) is 5.91 Å². The molecule has 1 heterocycles. The van der Waals surface area contributed by atoms with Crippen LogP contribution in [0.25, 0.3) is 10.9 Å². The highest BCUT2D eigenvalue weighted by atomic mass is 35.5. The number of fused-ring (bicyclic) bond motifs is 1. The lowest BCUT2D eigenvalue weighted by Gasteiger charge is -2.09. The molecule has 3 rings (SSSR count). The summed E-state index contributed by atoms with van der Waals surface area (Å²) in [4.78, 5) is 38.5. The maximum absolute atomic E-state index is 12.2. The lowest BCUT2D eigenvalue weighted by atomic mass is 10.2. The number of benzene rings is 2. The smallest absolute Gasteiger partial charge is 0.306 e. The number of nitro groups is 1. The zero-order valence-corrected chi connectivity index (χ0v) is 15.9. The zero-order chi connectivity index (χ0) is 20.8. The predicted molar refractivity (Wildman–Crippen MR) is 108 cm³/mol. The highest BCUT2D eigenvalue weighted by molar-refractivity contribution is 6.31. The minimum absolute atomic E-state index is 0.0595. The molecule has 1 amide bonds. The van der Waals surface area contributed by atoms with Crippen molar-refractivity contribution in [2.45, 2.75) is 19.4 Å². The van der Waals surface area contributed by atoms with Crippen molar-refractivity contribution in [3.63, 3.8) is 0 Å². The van der Waals surface area contributed by atoms with Crippen molar-refractivity contribution >= 4 is 45.8 Å². The van der Waals surface area contributed by atoms with Gasteiger partial charge in [-0.05, 0) is 18.2 Å². The average molecular weight is 414 g/mol. The second-order valence-corrected chi connectivity index (χ2v) is 6.53. The maximum atomic E-state index is 12.2. The summed E-state index contributed by atoms with van der Waals surface area (Å²) in [5.41, 5.74) is 1.53. The zero-order valence-electron chi connectivity index (χ0n) is 15.1. The first kappa shape index (κ1) is 20.2. The Morgan fingerprint density at radius 1 is 1.14 bits per heavy atom. The second-order valence-electron chi connectivity index (χ2n) is 6.12. The quantitative estimate of drug-likeness (QED) is 0.352. The molecule has 0 aliphatic carbocycles. The molecule has 8 nitrogen and oxygen atoms in total. The molecule has 0 fully saturated rings. The Labute approximate surface area is 170 Å². The van der Waals surface area contributed by atoms with Crippen molar-refractivity contribution in [3.8, 4) is 0 Å². The van der Waals surface area contributed by atoms with E-state index < -0.39 is 10.9 Å². The van der Waals surface area contributed by atoms with Crippen molar-refractivity contribution in [2.75, 3.05) is 5.32 Å². The molecule has 0 aliphatic rings. The summed E-state index contributed by atoms with van der Waals surface area (Å²) in [7, 11) is 0. The molecule has 0 radical (unpaired) electrons. The minimum atomic E-state index is -0.578. The molecule has 0 atom stereocenters. The Kier molecular flexibility index (Phi) is 6.36. The van der Waals surface area contributed by atoms with Crippen molar-refractivity contribution in [2.24, 2.45) is 0 Å². The van der Waals surface area contributed by atoms with E-state index in [1.807, 2.05) is 18.2 Å². The summed E-state index contributed by atoms with van der Waals surface area (Å²) in [6.45, 7) is -0.134. The van der Waals surface area contributed by atoms with Crippen LogP contribution in [-0.4, -0.2) is 21.8 Å². The van der Waals surface area contributed by atoms with E-state index in [0.29, 0.717) is 16.8 Å². The Morgan fingerprint density at radius 2 is 1.93 bits per heavy atom. The van der Waals surface area contributed by atoms with Gasteiger partial charge in [-0.1, -0.05) is 29.8 Å². The van der Waals surface area contributed by atoms with E-state index in [9.17, 15) is 19.7 Å². The van der Waals surface area contributed by atoms with Gasteiger partial charge in [0.05, 0.1) is 27.6 Å². The van der Waals surface area contributed by atoms with Crippen LogP contribution in [-0.2, 0) is 20.9 Å². The number of amides is 1. The predicted octanol–water partition coefficient (Wildman–Crippen LogP) is 4.26. The number of esters is 1. The largest absolute Gasteiger partial charge is 0.461 e. The van der Waals surface area contributed by atoms with E-state index in [4.69, 9.17) is 16.3 Å². The van der Waals surface area contributed by atoms with Crippen LogP contribution >= 0.6 is 11.6 Å². The monoisotopic (exact) mass is 413 g/mol. The fourth-order valence-corrected chi connectivity index (χ4v) is 2.86. The minimum Gasteiger partial charge on any atom is -0.461 e. The summed E-state index contributed by atoms with van der Waals surface area (Å²) in [6.07, 6.45) is 1.46. The molecule has 0 saturated heterocycles. The highest BCUT2D eigenvalue weighted by Crippen LogP contribution is 2.23. The van der Waals surface area contributed by atoms with Gasteiger partial charge in [-0.25, -0.2) is 0 Å². The molecule has 0 bridgehead atoms. The van der Waals surface area contributed by atoms with Crippen molar-refractivity contribution in [1.29, 1.82) is 0 Å². The van der Waals surface area contributed by atoms with Gasteiger partial charge in [-0.15, -0.1) is 0 Å². The Balaban J connectivity index is 1.50. The summed E-state index contributed by atoms with van der Waals surface area (Å²) in [5, 5.41) is 14.5. The normalized spacial score (nSPS) is 10.5. The van der Waals surface area contributed by atoms with Crippen LogP contribution < -0.4 is 5.32 Å². The van der Waals surface area contributed by atoms with Crippen molar-refractivity contribution in [3.05, 3.63) is 75.4 Å². The number of pyridine rings is 1. The lowest BCUT2D eigenvalue weighted by molar-refractivity contribution is -0.384. The third-order valence-electron chi connectivity index (χ3n) is 4.10. The third kappa shape index (κ3) is 5.26. The van der Waals surface area contributed by atoms with Gasteiger partial charge in [0.25, 0.3) is 5.69 Å². The molecule has 1 aromatic heterocycles. The van der Waals surface area contributed by atoms with Crippen LogP contribution in [0, 0.1) is 10.1 Å². The van der Waals surface area contributed by atoms with E-state index >= 15 is 0 Å². The summed E-state index contributed by atoms with van der Waals surface area (Å²) in [5.74, 6) is -0.918. The van der Waals surface area contributed by atoms with Crippen molar-refractivity contribution in [1.82, 2.24) is 4.98 Å². The number of nitrogens with one attached hydrogen (secondary N) is 1. The average Bonchev–Trinajstić information content (AvgIpc) is 2.71. The molecule has 9 heteroatoms. The first-order valence-corrected chi connectivity index (χ1v) is 9.04. The van der Waals surface area contributed by atoms with E-state index in [1.54, 1.807) is 18.3 Å². The summed E-state index contributed by atoms with van der Waals surface area (Å²) in [6, 6.07) is 13.0. The summed E-state index contributed by atoms with van der Waals surface area (Å²) < 4.78 is 5.09. The fourth-order valence-electron chi connectivity index (χ4n) is 2.63. The standard InChI is InChI=1S/C20H16ClN3O5/c21-16-11-15(24(27)28)7-6-14(16)12-29-19(26)9-8-18(25)23-17-5-1-3-13-4-2-10-22-20(13)17/h1-7,10-11H,8-9,12H2,(H,23,25). The molecule has 1 N–H and O–H groups in total. The number of carbonyl (C=O) groups excluding carboxylic acids is 2. The number of rotatable bonds is 7. The molecular weight excluding hydrogens is 398 g/mol. The lowest BCUT2D eigenvalue weighted by Crippen LogP contribution is -2.15. The van der Waals surface area contributed by atoms with E-state index in [-0.39, 0.29) is 36.1 Å². The number of non-ortho nitro benzene ring substituents is 1. The number of nitrogens with zero attached hydrogens (tertiary/aromatic N) is 2. The van der Waals surface area contributed by atoms with E-state index in [2.05, 4.69) is 10.3 Å². The van der Waals surface area contributed by atoms with Crippen LogP contribution in [0.5, 0.6) is 0 Å². The maximum Gasteiger partial charge on any atom is 0.306 e. The Morgan fingerprint density at radius 3 is 2.69 bits per heavy atom. The summed E-state index contributed by atoms with van der Waals surface area (Å²) >= 11 is 5.96. The molecule has 2 aromatic carbocycles. The Hall–Kier alpha value is -3.52. The number of halogens is 1. The molecule has 148 valence electrons. The molecular formula is C20H16ClN3O5. The first-order chi connectivity index (χ1) is 13.9. The molecule has 0 saturated carbocycles. The molecule has 0 spiro atoms. The van der Waals surface area contributed by atoms with E-state index in [0.717, 1.165) is 5.39 Å². The van der Waals surface area contributed by atoms with Crippen molar-refractivity contribution < 1.29 is 19.2 Å². The van der Waals surface area contributed by atoms with Gasteiger partial charge in [0, 0.05) is 35.7 Å². The number of nitro benzene ring substituents is 1.